The van der Waals surface area contributed by atoms with Crippen molar-refractivity contribution in [2.75, 3.05) is 13.6 Å². The number of nitrogens with zero attached hydrogens (tertiary/aromatic N) is 3. The normalized spacial score (nSPS) is 27.4. The van der Waals surface area contributed by atoms with E-state index in [0.717, 1.165) is 6.07 Å². The van der Waals surface area contributed by atoms with Crippen molar-refractivity contribution in [2.45, 2.75) is 38.0 Å². The number of hydrogen-bond acceptors (Lipinski definition) is 4. The number of likely N-dealkylation sites (N-methyl/N-ethyl adjacent to an activating group) is 1. The number of aromatic nitrogens is 1. The Bertz CT molecular complexity index is 1160. The fourth-order valence-corrected chi connectivity index (χ4v) is 5.07. The Kier molecular flexibility index (Phi) is 5.96. The number of carbonyl (C=O) groups excluding carboxylic acids is 1. The summed E-state index contributed by atoms with van der Waals surface area (Å²) in [5, 5.41) is 3.52. The molecule has 0 saturated carbocycles. The third-order valence-electron chi connectivity index (χ3n) is 6.65. The zero-order valence-corrected chi connectivity index (χ0v) is 19.5. The third-order valence-corrected chi connectivity index (χ3v) is 6.92. The van der Waals surface area contributed by atoms with Crippen LogP contribution in [0.2, 0.25) is 0 Å². The minimum atomic E-state index is -4.58. The number of benzene rings is 1. The minimum absolute atomic E-state index is 0.0724. The lowest BCUT2D eigenvalue weighted by Gasteiger charge is -2.40. The predicted octanol–water partition coefficient (Wildman–Crippen LogP) is 4.86. The Morgan fingerprint density at radius 1 is 1.18 bits per heavy atom. The molecule has 0 radical (unpaired) electrons. The van der Waals surface area contributed by atoms with Crippen LogP contribution in [0.5, 0.6) is 0 Å². The number of amidine groups is 1. The van der Waals surface area contributed by atoms with Gasteiger partial charge in [-0.25, -0.2) is 4.39 Å². The number of hydrogen-bond donors (Lipinski definition) is 1. The van der Waals surface area contributed by atoms with Crippen molar-refractivity contribution < 1.29 is 22.4 Å². The molecule has 5 nitrogen and oxygen atoms in total. The van der Waals surface area contributed by atoms with Crippen LogP contribution in [-0.4, -0.2) is 41.3 Å². The number of halogens is 5. The first-order chi connectivity index (χ1) is 15.9. The molecule has 0 spiro atoms. The highest BCUT2D eigenvalue weighted by atomic mass is 35.5. The Morgan fingerprint density at radius 2 is 1.82 bits per heavy atom. The molecule has 2 aliphatic rings. The summed E-state index contributed by atoms with van der Waals surface area (Å²) in [5.74, 6) is -0.193. The summed E-state index contributed by atoms with van der Waals surface area (Å²) in [4.78, 5) is 22.3. The van der Waals surface area contributed by atoms with Gasteiger partial charge in [-0.2, -0.15) is 13.2 Å². The van der Waals surface area contributed by atoms with E-state index < -0.39 is 34.7 Å². The van der Waals surface area contributed by atoms with Crippen LogP contribution in [-0.2, 0) is 16.5 Å². The first-order valence-electron chi connectivity index (χ1n) is 10.7. The average molecular weight is 495 g/mol. The summed E-state index contributed by atoms with van der Waals surface area (Å²) in [6.45, 7) is 4.09. The zero-order valence-electron chi connectivity index (χ0n) is 18.8. The summed E-state index contributed by atoms with van der Waals surface area (Å²) < 4.78 is 53.2. The van der Waals surface area contributed by atoms with Crippen molar-refractivity contribution in [3.8, 4) is 0 Å². The monoisotopic (exact) mass is 494 g/mol. The van der Waals surface area contributed by atoms with Crippen LogP contribution in [0.1, 0.15) is 37.1 Å². The van der Waals surface area contributed by atoms with Crippen molar-refractivity contribution in [3.05, 3.63) is 76.3 Å². The second kappa shape index (κ2) is 8.37. The van der Waals surface area contributed by atoms with Gasteiger partial charge in [0, 0.05) is 25.4 Å². The van der Waals surface area contributed by atoms with Crippen molar-refractivity contribution in [1.29, 1.82) is 0 Å². The van der Waals surface area contributed by atoms with Gasteiger partial charge in [0.1, 0.15) is 27.9 Å². The Hall–Kier alpha value is -2.94. The molecule has 3 atom stereocenters. The summed E-state index contributed by atoms with van der Waals surface area (Å²) in [7, 11) is 1.65. The van der Waals surface area contributed by atoms with Crippen LogP contribution in [0.3, 0.4) is 0 Å². The molecule has 1 aromatic carbocycles. The summed E-state index contributed by atoms with van der Waals surface area (Å²) in [6.07, 6.45) is -1.16. The zero-order chi connectivity index (χ0) is 24.9. The first kappa shape index (κ1) is 24.2. The molecule has 34 heavy (non-hydrogen) atoms. The molecular weight excluding hydrogens is 472 g/mol. The molecule has 0 aliphatic carbocycles. The Morgan fingerprint density at radius 3 is 2.35 bits per heavy atom. The van der Waals surface area contributed by atoms with E-state index in [1.807, 2.05) is 13.8 Å². The highest BCUT2D eigenvalue weighted by molar-refractivity contribution is 6.42. The van der Waals surface area contributed by atoms with E-state index in [-0.39, 0.29) is 10.9 Å². The lowest BCUT2D eigenvalue weighted by Crippen LogP contribution is -2.54. The number of alkyl halides is 3. The lowest BCUT2D eigenvalue weighted by molar-refractivity contribution is -0.141. The van der Waals surface area contributed by atoms with Crippen LogP contribution in [0.15, 0.2) is 58.7 Å². The van der Waals surface area contributed by atoms with Gasteiger partial charge in [0.05, 0.1) is 11.5 Å². The Labute approximate surface area is 199 Å². The fraction of sp³-hybridized carbons (Fsp3) is 0.375. The van der Waals surface area contributed by atoms with E-state index in [4.69, 9.17) is 16.6 Å². The van der Waals surface area contributed by atoms with Crippen LogP contribution >= 0.6 is 11.6 Å². The molecule has 1 amide bonds. The maximum Gasteiger partial charge on any atom is 0.433 e. The van der Waals surface area contributed by atoms with Crippen molar-refractivity contribution >= 4 is 23.3 Å². The minimum Gasteiger partial charge on any atom is -0.358 e. The summed E-state index contributed by atoms with van der Waals surface area (Å²) in [5.41, 5.74) is -1.79. The Balaban J connectivity index is 1.85. The SMILES string of the molecule is CCC1(C2=N[C@@H](C)[C@](c3ccc(F)cc3)(c3ccc(C(F)(F)F)nc3)N2)C=C(Cl)C(=O)N(C)C1. The fourth-order valence-electron chi connectivity index (χ4n) is 4.72. The van der Waals surface area contributed by atoms with E-state index in [1.165, 1.54) is 29.3 Å². The number of amides is 1. The van der Waals surface area contributed by atoms with E-state index in [9.17, 15) is 22.4 Å². The molecular formula is C24H23ClF4N4O. The summed E-state index contributed by atoms with van der Waals surface area (Å²) in [6, 6.07) is 7.52. The van der Waals surface area contributed by atoms with E-state index in [1.54, 1.807) is 25.3 Å². The molecule has 3 heterocycles. The van der Waals surface area contributed by atoms with Crippen molar-refractivity contribution in [2.24, 2.45) is 10.4 Å². The highest BCUT2D eigenvalue weighted by Crippen LogP contribution is 2.43. The molecule has 4 rings (SSSR count). The number of nitrogens with one attached hydrogen (secondary N) is 1. The smallest absolute Gasteiger partial charge is 0.358 e. The highest BCUT2D eigenvalue weighted by Gasteiger charge is 2.51. The van der Waals surface area contributed by atoms with Gasteiger partial charge < -0.3 is 10.2 Å². The molecule has 180 valence electrons. The molecule has 0 fully saturated rings. The van der Waals surface area contributed by atoms with Crippen molar-refractivity contribution in [3.63, 3.8) is 0 Å². The molecule has 1 N–H and O–H groups in total. The van der Waals surface area contributed by atoms with Gasteiger partial charge in [-0.1, -0.05) is 36.7 Å². The van der Waals surface area contributed by atoms with Crippen LogP contribution in [0.25, 0.3) is 0 Å². The van der Waals surface area contributed by atoms with Gasteiger partial charge in [0.15, 0.2) is 0 Å². The predicted molar refractivity (Wildman–Crippen MR) is 121 cm³/mol. The van der Waals surface area contributed by atoms with Gasteiger partial charge in [-0.3, -0.25) is 14.8 Å². The number of pyridine rings is 1. The largest absolute Gasteiger partial charge is 0.433 e. The topological polar surface area (TPSA) is 57.6 Å². The molecule has 2 aliphatic heterocycles. The van der Waals surface area contributed by atoms with Crippen LogP contribution in [0.4, 0.5) is 17.6 Å². The maximum absolute atomic E-state index is 13.7. The van der Waals surface area contributed by atoms with Gasteiger partial charge in [0.25, 0.3) is 5.91 Å². The number of rotatable bonds is 4. The van der Waals surface area contributed by atoms with Gasteiger partial charge in [-0.05, 0) is 43.2 Å². The van der Waals surface area contributed by atoms with Crippen molar-refractivity contribution in [1.82, 2.24) is 15.2 Å². The average Bonchev–Trinajstić information content (AvgIpc) is 3.15. The number of carbonyl (C=O) groups is 1. The first-order valence-corrected chi connectivity index (χ1v) is 11.1. The molecule has 1 aromatic heterocycles. The molecule has 1 unspecified atom stereocenters. The van der Waals surface area contributed by atoms with Crippen LogP contribution < -0.4 is 5.32 Å². The van der Waals surface area contributed by atoms with E-state index in [0.29, 0.717) is 29.9 Å². The maximum atomic E-state index is 13.7. The number of aliphatic imine (C=N–C) groups is 1. The van der Waals surface area contributed by atoms with Gasteiger partial charge in [0.2, 0.25) is 0 Å². The second-order valence-electron chi connectivity index (χ2n) is 8.69. The lowest BCUT2D eigenvalue weighted by atomic mass is 9.77. The molecule has 10 heteroatoms. The van der Waals surface area contributed by atoms with E-state index in [2.05, 4.69) is 10.3 Å². The molecule has 0 bridgehead atoms. The van der Waals surface area contributed by atoms with E-state index >= 15 is 0 Å². The quantitative estimate of drug-likeness (QED) is 0.617. The molecule has 0 saturated heterocycles. The molecule has 2 aromatic rings. The van der Waals surface area contributed by atoms with Gasteiger partial charge in [-0.15, -0.1) is 0 Å². The third kappa shape index (κ3) is 3.85. The van der Waals surface area contributed by atoms with Gasteiger partial charge >= 0.3 is 6.18 Å². The summed E-state index contributed by atoms with van der Waals surface area (Å²) >= 11 is 6.25. The van der Waals surface area contributed by atoms with Crippen LogP contribution in [0, 0.1) is 11.2 Å². The second-order valence-corrected chi connectivity index (χ2v) is 9.09. The standard InChI is InChI=1S/C24H23ClF4N4O/c1-4-22(11-18(25)20(34)33(3)13-22)21-31-14(2)23(32-21,15-5-8-17(26)9-6-15)16-7-10-19(30-12-16)24(27,28)29/h5-12,14H,4,13H2,1-3H3,(H,31,32)/t14-,22?,23-/m0/s1.